The molecule has 1 amide bonds. The highest BCUT2D eigenvalue weighted by Gasteiger charge is 2.14. The molecular formula is C18H20ClNO3S. The van der Waals surface area contributed by atoms with E-state index in [0.29, 0.717) is 22.9 Å². The third-order valence-electron chi connectivity index (χ3n) is 3.59. The largest absolute Gasteiger partial charge is 0.451 e. The van der Waals surface area contributed by atoms with E-state index in [-0.39, 0.29) is 12.5 Å². The number of hydrogen-bond acceptors (Lipinski definition) is 4. The van der Waals surface area contributed by atoms with Crippen LogP contribution < -0.4 is 5.32 Å². The first kappa shape index (κ1) is 18.5. The molecule has 0 unspecified atom stereocenters. The molecule has 0 aliphatic carbocycles. The summed E-state index contributed by atoms with van der Waals surface area (Å²) in [4.78, 5) is 25.3. The van der Waals surface area contributed by atoms with Crippen LogP contribution in [0.2, 0.25) is 5.02 Å². The molecule has 0 saturated heterocycles. The number of thiophene rings is 1. The first-order valence-electron chi connectivity index (χ1n) is 7.77. The Balaban J connectivity index is 1.72. The Morgan fingerprint density at radius 2 is 1.96 bits per heavy atom. The molecule has 1 aromatic carbocycles. The molecule has 0 saturated carbocycles. The lowest BCUT2D eigenvalue weighted by Crippen LogP contribution is -2.30. The van der Waals surface area contributed by atoms with E-state index in [2.05, 4.69) is 5.32 Å². The van der Waals surface area contributed by atoms with Crippen molar-refractivity contribution in [3.8, 4) is 0 Å². The fourth-order valence-corrected chi connectivity index (χ4v) is 3.36. The van der Waals surface area contributed by atoms with E-state index in [9.17, 15) is 9.59 Å². The Bertz CT molecular complexity index is 710. The zero-order valence-electron chi connectivity index (χ0n) is 13.7. The van der Waals surface area contributed by atoms with Gasteiger partial charge in [-0.1, -0.05) is 30.7 Å². The van der Waals surface area contributed by atoms with Crippen LogP contribution in [0.15, 0.2) is 30.3 Å². The minimum absolute atomic E-state index is 0.266. The lowest BCUT2D eigenvalue weighted by molar-refractivity contribution is -0.124. The lowest BCUT2D eigenvalue weighted by atomic mass is 10.1. The Morgan fingerprint density at radius 3 is 2.58 bits per heavy atom. The maximum atomic E-state index is 12.0. The molecule has 6 heteroatoms. The summed E-state index contributed by atoms with van der Waals surface area (Å²) in [6, 6.07) is 9.29. The molecular weight excluding hydrogens is 346 g/mol. The van der Waals surface area contributed by atoms with Crippen molar-refractivity contribution in [2.24, 2.45) is 0 Å². The summed E-state index contributed by atoms with van der Waals surface area (Å²) in [7, 11) is 0. The third-order valence-corrected chi connectivity index (χ3v) is 4.91. The van der Waals surface area contributed by atoms with Gasteiger partial charge in [-0.15, -0.1) is 11.3 Å². The van der Waals surface area contributed by atoms with Gasteiger partial charge in [0.05, 0.1) is 0 Å². The molecule has 2 rings (SSSR count). The van der Waals surface area contributed by atoms with Crippen molar-refractivity contribution in [2.45, 2.75) is 26.7 Å². The first-order chi connectivity index (χ1) is 11.5. The van der Waals surface area contributed by atoms with Crippen LogP contribution in [0, 0.1) is 6.92 Å². The molecule has 24 heavy (non-hydrogen) atoms. The van der Waals surface area contributed by atoms with Crippen molar-refractivity contribution < 1.29 is 14.3 Å². The quantitative estimate of drug-likeness (QED) is 0.759. The van der Waals surface area contributed by atoms with Crippen molar-refractivity contribution in [3.05, 3.63) is 56.2 Å². The second kappa shape index (κ2) is 8.85. The number of amides is 1. The molecule has 0 aliphatic rings. The SMILES string of the molecule is CCc1cc(C(=O)OCC(=O)NCCc2ccc(Cl)cc2)sc1C. The zero-order chi connectivity index (χ0) is 17.5. The standard InChI is InChI=1S/C18H20ClNO3S/c1-3-14-10-16(24-12(14)2)18(22)23-11-17(21)20-9-8-13-4-6-15(19)7-5-13/h4-7,10H,3,8-9,11H2,1-2H3,(H,20,21). The van der Waals surface area contributed by atoms with Crippen LogP contribution in [-0.2, 0) is 22.4 Å². The number of aryl methyl sites for hydroxylation is 2. The van der Waals surface area contributed by atoms with Gasteiger partial charge >= 0.3 is 5.97 Å². The highest BCUT2D eigenvalue weighted by Crippen LogP contribution is 2.22. The Labute approximate surface area is 150 Å². The predicted octanol–water partition coefficient (Wildman–Crippen LogP) is 3.79. The van der Waals surface area contributed by atoms with Crippen molar-refractivity contribution in [1.82, 2.24) is 5.32 Å². The van der Waals surface area contributed by atoms with E-state index in [0.717, 1.165) is 22.4 Å². The summed E-state index contributed by atoms with van der Waals surface area (Å²) in [5.41, 5.74) is 2.22. The van der Waals surface area contributed by atoms with Crippen LogP contribution in [0.1, 0.15) is 32.6 Å². The third kappa shape index (κ3) is 5.35. The molecule has 0 atom stereocenters. The van der Waals surface area contributed by atoms with Gasteiger partial charge in [0.2, 0.25) is 0 Å². The molecule has 1 heterocycles. The minimum Gasteiger partial charge on any atom is -0.451 e. The monoisotopic (exact) mass is 365 g/mol. The van der Waals surface area contributed by atoms with Crippen molar-refractivity contribution in [2.75, 3.05) is 13.2 Å². The van der Waals surface area contributed by atoms with Crippen LogP contribution in [0.3, 0.4) is 0 Å². The number of halogens is 1. The smallest absolute Gasteiger partial charge is 0.348 e. The Morgan fingerprint density at radius 1 is 1.25 bits per heavy atom. The number of benzene rings is 1. The molecule has 0 spiro atoms. The van der Waals surface area contributed by atoms with E-state index < -0.39 is 5.97 Å². The number of hydrogen-bond donors (Lipinski definition) is 1. The van der Waals surface area contributed by atoms with Crippen LogP contribution in [0.4, 0.5) is 0 Å². The molecule has 0 fully saturated rings. The van der Waals surface area contributed by atoms with Gasteiger partial charge in [-0.25, -0.2) is 4.79 Å². The summed E-state index contributed by atoms with van der Waals surface area (Å²) in [6.07, 6.45) is 1.57. The number of carbonyl (C=O) groups excluding carboxylic acids is 2. The maximum Gasteiger partial charge on any atom is 0.348 e. The average molecular weight is 366 g/mol. The number of carbonyl (C=O) groups is 2. The van der Waals surface area contributed by atoms with Gasteiger partial charge in [-0.05, 0) is 49.1 Å². The first-order valence-corrected chi connectivity index (χ1v) is 8.96. The fourth-order valence-electron chi connectivity index (χ4n) is 2.22. The Hall–Kier alpha value is -1.85. The fraction of sp³-hybridized carbons (Fsp3) is 0.333. The average Bonchev–Trinajstić information content (AvgIpc) is 2.95. The maximum absolute atomic E-state index is 12.0. The second-order valence-corrected chi connectivity index (χ2v) is 7.04. The highest BCUT2D eigenvalue weighted by molar-refractivity contribution is 7.14. The molecule has 2 aromatic rings. The van der Waals surface area contributed by atoms with E-state index >= 15 is 0 Å². The summed E-state index contributed by atoms with van der Waals surface area (Å²) in [5, 5.41) is 3.42. The molecule has 0 bridgehead atoms. The lowest BCUT2D eigenvalue weighted by Gasteiger charge is -2.06. The van der Waals surface area contributed by atoms with Crippen molar-refractivity contribution >= 4 is 34.8 Å². The van der Waals surface area contributed by atoms with Gasteiger partial charge in [0, 0.05) is 16.4 Å². The van der Waals surface area contributed by atoms with Gasteiger partial charge in [0.15, 0.2) is 6.61 Å². The van der Waals surface area contributed by atoms with Crippen molar-refractivity contribution in [1.29, 1.82) is 0 Å². The second-order valence-electron chi connectivity index (χ2n) is 5.35. The summed E-state index contributed by atoms with van der Waals surface area (Å²) in [5.74, 6) is -0.753. The van der Waals surface area contributed by atoms with E-state index in [1.54, 1.807) is 0 Å². The molecule has 0 radical (unpaired) electrons. The minimum atomic E-state index is -0.448. The number of ether oxygens (including phenoxy) is 1. The van der Waals surface area contributed by atoms with Gasteiger partial charge in [-0.3, -0.25) is 4.79 Å². The van der Waals surface area contributed by atoms with Gasteiger partial charge in [0.25, 0.3) is 5.91 Å². The van der Waals surface area contributed by atoms with Crippen LogP contribution in [0.25, 0.3) is 0 Å². The molecule has 1 N–H and O–H groups in total. The van der Waals surface area contributed by atoms with E-state index in [1.165, 1.54) is 11.3 Å². The zero-order valence-corrected chi connectivity index (χ0v) is 15.3. The summed E-state index contributed by atoms with van der Waals surface area (Å²) < 4.78 is 5.06. The Kier molecular flexibility index (Phi) is 6.82. The number of esters is 1. The molecule has 1 aromatic heterocycles. The number of rotatable bonds is 7. The van der Waals surface area contributed by atoms with E-state index in [1.807, 2.05) is 44.2 Å². The number of nitrogens with one attached hydrogen (secondary N) is 1. The topological polar surface area (TPSA) is 55.4 Å². The van der Waals surface area contributed by atoms with Crippen LogP contribution in [0.5, 0.6) is 0 Å². The summed E-state index contributed by atoms with van der Waals surface area (Å²) in [6.45, 7) is 4.23. The van der Waals surface area contributed by atoms with Gasteiger partial charge in [0.1, 0.15) is 4.88 Å². The molecule has 0 aliphatic heterocycles. The normalized spacial score (nSPS) is 10.5. The highest BCUT2D eigenvalue weighted by atomic mass is 35.5. The summed E-state index contributed by atoms with van der Waals surface area (Å²) >= 11 is 7.22. The predicted molar refractivity (Wildman–Crippen MR) is 96.9 cm³/mol. The van der Waals surface area contributed by atoms with Gasteiger partial charge in [-0.2, -0.15) is 0 Å². The van der Waals surface area contributed by atoms with Crippen LogP contribution >= 0.6 is 22.9 Å². The van der Waals surface area contributed by atoms with Gasteiger partial charge < -0.3 is 10.1 Å². The molecule has 128 valence electrons. The van der Waals surface area contributed by atoms with Crippen molar-refractivity contribution in [3.63, 3.8) is 0 Å². The van der Waals surface area contributed by atoms with Crippen LogP contribution in [-0.4, -0.2) is 25.0 Å². The van der Waals surface area contributed by atoms with E-state index in [4.69, 9.17) is 16.3 Å². The molecule has 4 nitrogen and oxygen atoms in total.